The molecule has 1 amide bonds. The minimum absolute atomic E-state index is 0.0520. The fourth-order valence-electron chi connectivity index (χ4n) is 2.43. The molecule has 1 aromatic carbocycles. The Hall–Kier alpha value is -1.17. The van der Waals surface area contributed by atoms with E-state index in [1.54, 1.807) is 11.0 Å². The highest BCUT2D eigenvalue weighted by Gasteiger charge is 2.39. The van der Waals surface area contributed by atoms with Crippen LogP contribution in [0.1, 0.15) is 42.7 Å². The summed E-state index contributed by atoms with van der Waals surface area (Å²) < 4.78 is 39.4. The Morgan fingerprint density at radius 2 is 2.10 bits per heavy atom. The molecule has 2 rings (SSSR count). The van der Waals surface area contributed by atoms with Crippen LogP contribution in [0.3, 0.4) is 0 Å². The van der Waals surface area contributed by atoms with Crippen molar-refractivity contribution < 1.29 is 18.0 Å². The Balaban J connectivity index is 2.26. The van der Waals surface area contributed by atoms with Crippen LogP contribution in [0.4, 0.5) is 13.2 Å². The van der Waals surface area contributed by atoms with Crippen molar-refractivity contribution in [1.29, 1.82) is 0 Å². The first-order valence-electron chi connectivity index (χ1n) is 7.02. The van der Waals surface area contributed by atoms with Gasteiger partial charge in [0.15, 0.2) is 0 Å². The zero-order valence-electron chi connectivity index (χ0n) is 11.8. The summed E-state index contributed by atoms with van der Waals surface area (Å²) in [6.45, 7) is 2.51. The second kappa shape index (κ2) is 6.73. The van der Waals surface area contributed by atoms with Gasteiger partial charge in [0.05, 0.1) is 5.56 Å². The lowest BCUT2D eigenvalue weighted by Crippen LogP contribution is -2.31. The summed E-state index contributed by atoms with van der Waals surface area (Å²) >= 11 is 1.40. The fraction of sp³-hybridized carbons (Fsp3) is 0.533. The molecular weight excluding hydrogens is 299 g/mol. The van der Waals surface area contributed by atoms with Crippen LogP contribution in [-0.2, 0) is 11.0 Å². The third-order valence-corrected chi connectivity index (χ3v) is 4.73. The molecule has 1 aliphatic heterocycles. The summed E-state index contributed by atoms with van der Waals surface area (Å²) in [5.41, 5.74) is -0.449. The van der Waals surface area contributed by atoms with Crippen LogP contribution in [0, 0.1) is 0 Å². The molecular formula is C15H18F3NOS. The zero-order valence-corrected chi connectivity index (χ0v) is 12.6. The Bertz CT molecular complexity index is 504. The Kier molecular flexibility index (Phi) is 5.19. The van der Waals surface area contributed by atoms with E-state index in [1.165, 1.54) is 23.9 Å². The second-order valence-corrected chi connectivity index (χ2v) is 6.19. The van der Waals surface area contributed by atoms with Gasteiger partial charge in [0.1, 0.15) is 5.37 Å². The molecule has 1 aliphatic rings. The summed E-state index contributed by atoms with van der Waals surface area (Å²) in [7, 11) is 0. The van der Waals surface area contributed by atoms with Crippen molar-refractivity contribution in [2.45, 2.75) is 37.7 Å². The number of carbonyl (C=O) groups is 1. The second-order valence-electron chi connectivity index (χ2n) is 5.00. The van der Waals surface area contributed by atoms with Crippen molar-refractivity contribution >= 4 is 17.7 Å². The van der Waals surface area contributed by atoms with Crippen molar-refractivity contribution in [3.05, 3.63) is 35.4 Å². The molecule has 0 unspecified atom stereocenters. The van der Waals surface area contributed by atoms with Crippen molar-refractivity contribution in [2.75, 3.05) is 12.3 Å². The first-order valence-corrected chi connectivity index (χ1v) is 8.07. The summed E-state index contributed by atoms with van der Waals surface area (Å²) in [6.07, 6.45) is -2.32. The van der Waals surface area contributed by atoms with E-state index >= 15 is 0 Å². The monoisotopic (exact) mass is 317 g/mol. The van der Waals surface area contributed by atoms with Crippen molar-refractivity contribution in [3.8, 4) is 0 Å². The third-order valence-electron chi connectivity index (χ3n) is 3.49. The van der Waals surface area contributed by atoms with Gasteiger partial charge in [-0.15, -0.1) is 11.8 Å². The number of unbranched alkanes of at least 4 members (excludes halogenated alkanes) is 1. The van der Waals surface area contributed by atoms with Crippen molar-refractivity contribution in [2.24, 2.45) is 0 Å². The molecule has 0 aromatic heterocycles. The van der Waals surface area contributed by atoms with E-state index in [0.717, 1.165) is 18.9 Å². The molecule has 1 fully saturated rings. The van der Waals surface area contributed by atoms with E-state index in [2.05, 4.69) is 0 Å². The number of hydrogen-bond acceptors (Lipinski definition) is 2. The number of nitrogens with zero attached hydrogens (tertiary/aromatic N) is 1. The number of amides is 1. The Morgan fingerprint density at radius 3 is 2.76 bits per heavy atom. The maximum absolute atomic E-state index is 13.1. The van der Waals surface area contributed by atoms with Gasteiger partial charge in [0.2, 0.25) is 5.91 Å². The number of halogens is 3. The van der Waals surface area contributed by atoms with E-state index in [-0.39, 0.29) is 11.5 Å². The van der Waals surface area contributed by atoms with Crippen LogP contribution < -0.4 is 0 Å². The zero-order chi connectivity index (χ0) is 15.5. The van der Waals surface area contributed by atoms with Gasteiger partial charge in [0, 0.05) is 18.7 Å². The number of carbonyl (C=O) groups excluding carboxylic acids is 1. The molecule has 0 bridgehead atoms. The topological polar surface area (TPSA) is 20.3 Å². The summed E-state index contributed by atoms with van der Waals surface area (Å²) in [4.78, 5) is 13.8. The molecule has 1 aromatic rings. The predicted molar refractivity (Wildman–Crippen MR) is 77.9 cm³/mol. The summed E-state index contributed by atoms with van der Waals surface area (Å²) in [5, 5.41) is -0.521. The Labute approximate surface area is 126 Å². The third kappa shape index (κ3) is 3.73. The molecule has 0 saturated carbocycles. The number of thioether (sulfide) groups is 1. The van der Waals surface area contributed by atoms with Crippen LogP contribution >= 0.6 is 11.8 Å². The molecule has 21 heavy (non-hydrogen) atoms. The van der Waals surface area contributed by atoms with Gasteiger partial charge in [-0.05, 0) is 18.1 Å². The van der Waals surface area contributed by atoms with E-state index in [9.17, 15) is 18.0 Å². The highest BCUT2D eigenvalue weighted by molar-refractivity contribution is 7.99. The van der Waals surface area contributed by atoms with Gasteiger partial charge in [-0.1, -0.05) is 31.5 Å². The molecule has 116 valence electrons. The lowest BCUT2D eigenvalue weighted by molar-refractivity contribution is -0.139. The predicted octanol–water partition coefficient (Wildman–Crippen LogP) is 4.47. The quantitative estimate of drug-likeness (QED) is 0.816. The van der Waals surface area contributed by atoms with Crippen LogP contribution in [0.15, 0.2) is 24.3 Å². The van der Waals surface area contributed by atoms with Crippen LogP contribution in [0.25, 0.3) is 0 Å². The maximum Gasteiger partial charge on any atom is 0.416 e. The number of alkyl halides is 3. The first-order chi connectivity index (χ1) is 9.95. The molecule has 2 nitrogen and oxygen atoms in total. The van der Waals surface area contributed by atoms with Gasteiger partial charge < -0.3 is 4.90 Å². The fourth-order valence-corrected chi connectivity index (χ4v) is 3.74. The van der Waals surface area contributed by atoms with Gasteiger partial charge in [0.25, 0.3) is 0 Å². The molecule has 0 N–H and O–H groups in total. The molecule has 6 heteroatoms. The smallest absolute Gasteiger partial charge is 0.326 e. The largest absolute Gasteiger partial charge is 0.416 e. The first kappa shape index (κ1) is 16.2. The molecule has 1 atom stereocenters. The average molecular weight is 317 g/mol. The summed E-state index contributed by atoms with van der Waals surface area (Å²) in [5.74, 6) is 0.623. The van der Waals surface area contributed by atoms with Crippen LogP contribution in [-0.4, -0.2) is 23.1 Å². The standard InChI is InChI=1S/C15H18F3NOS/c1-2-3-8-13(20)19-9-10-21-14(19)11-6-4-5-7-12(11)15(16,17)18/h4-7,14H,2-3,8-10H2,1H3/t14-/m0/s1. The molecule has 0 radical (unpaired) electrons. The highest BCUT2D eigenvalue weighted by Crippen LogP contribution is 2.43. The molecule has 1 saturated heterocycles. The lowest BCUT2D eigenvalue weighted by Gasteiger charge is -2.26. The van der Waals surface area contributed by atoms with Crippen LogP contribution in [0.5, 0.6) is 0 Å². The minimum atomic E-state index is -4.39. The molecule has 1 heterocycles. The average Bonchev–Trinajstić information content (AvgIpc) is 2.93. The van der Waals surface area contributed by atoms with E-state index in [4.69, 9.17) is 0 Å². The van der Waals surface area contributed by atoms with Gasteiger partial charge in [-0.3, -0.25) is 4.79 Å². The molecule has 0 spiro atoms. The van der Waals surface area contributed by atoms with Gasteiger partial charge >= 0.3 is 6.18 Å². The lowest BCUT2D eigenvalue weighted by atomic mass is 10.1. The van der Waals surface area contributed by atoms with Crippen molar-refractivity contribution in [3.63, 3.8) is 0 Å². The van der Waals surface area contributed by atoms with E-state index in [0.29, 0.717) is 18.7 Å². The van der Waals surface area contributed by atoms with Gasteiger partial charge in [-0.25, -0.2) is 0 Å². The summed E-state index contributed by atoms with van der Waals surface area (Å²) in [6, 6.07) is 5.54. The van der Waals surface area contributed by atoms with E-state index < -0.39 is 17.1 Å². The number of benzene rings is 1. The highest BCUT2D eigenvalue weighted by atomic mass is 32.2. The number of rotatable bonds is 4. The van der Waals surface area contributed by atoms with Gasteiger partial charge in [-0.2, -0.15) is 13.2 Å². The van der Waals surface area contributed by atoms with E-state index in [1.807, 2.05) is 6.92 Å². The van der Waals surface area contributed by atoms with Crippen LogP contribution in [0.2, 0.25) is 0 Å². The normalized spacial score (nSPS) is 19.0. The maximum atomic E-state index is 13.1. The minimum Gasteiger partial charge on any atom is -0.326 e. The van der Waals surface area contributed by atoms with Crippen molar-refractivity contribution in [1.82, 2.24) is 4.90 Å². The Morgan fingerprint density at radius 1 is 1.38 bits per heavy atom. The SMILES string of the molecule is CCCCC(=O)N1CCS[C@H]1c1ccccc1C(F)(F)F. The number of hydrogen-bond donors (Lipinski definition) is 0. The molecule has 0 aliphatic carbocycles.